The van der Waals surface area contributed by atoms with E-state index in [2.05, 4.69) is 0 Å². The van der Waals surface area contributed by atoms with Gasteiger partial charge in [0.05, 0.1) is 14.2 Å². The molecule has 1 aliphatic heterocycles. The van der Waals surface area contributed by atoms with Crippen molar-refractivity contribution in [1.82, 2.24) is 4.31 Å². The lowest BCUT2D eigenvalue weighted by atomic mass is 9.94. The van der Waals surface area contributed by atoms with E-state index < -0.39 is 21.9 Å². The smallest absolute Gasteiger partial charge is 0.246 e. The predicted octanol–water partition coefficient (Wildman–Crippen LogP) is 3.15. The summed E-state index contributed by atoms with van der Waals surface area (Å²) in [7, 11) is -0.839. The highest BCUT2D eigenvalue weighted by atomic mass is 32.2. The van der Waals surface area contributed by atoms with Crippen LogP contribution in [0.2, 0.25) is 0 Å². The van der Waals surface area contributed by atoms with Crippen LogP contribution in [-0.4, -0.2) is 33.5 Å². The Morgan fingerprint density at radius 3 is 2.40 bits per heavy atom. The second kappa shape index (κ2) is 6.65. The Kier molecular flexibility index (Phi) is 4.71. The molecule has 134 valence electrons. The first-order valence-electron chi connectivity index (χ1n) is 7.91. The van der Waals surface area contributed by atoms with E-state index in [9.17, 15) is 12.8 Å². The fourth-order valence-electron chi connectivity index (χ4n) is 3.23. The predicted molar refractivity (Wildman–Crippen MR) is 92.0 cm³/mol. The molecular formula is C18H20FNO4S. The largest absolute Gasteiger partial charge is 0.493 e. The number of sulfonamides is 1. The van der Waals surface area contributed by atoms with Crippen molar-refractivity contribution >= 4 is 10.0 Å². The highest BCUT2D eigenvalue weighted by molar-refractivity contribution is 7.89. The second-order valence-electron chi connectivity index (χ2n) is 5.88. The zero-order valence-corrected chi connectivity index (χ0v) is 15.1. The minimum Gasteiger partial charge on any atom is -0.493 e. The van der Waals surface area contributed by atoms with Crippen LogP contribution in [0.1, 0.15) is 24.1 Å². The maximum atomic E-state index is 14.0. The Labute approximate surface area is 147 Å². The minimum absolute atomic E-state index is 0.278. The Bertz CT molecular complexity index is 898. The number of benzene rings is 2. The molecule has 2 aromatic carbocycles. The van der Waals surface area contributed by atoms with E-state index in [1.807, 2.05) is 6.07 Å². The first-order valence-corrected chi connectivity index (χ1v) is 9.35. The van der Waals surface area contributed by atoms with Crippen molar-refractivity contribution in [1.29, 1.82) is 0 Å². The van der Waals surface area contributed by atoms with Gasteiger partial charge in [-0.2, -0.15) is 4.31 Å². The topological polar surface area (TPSA) is 55.8 Å². The highest BCUT2D eigenvalue weighted by Gasteiger charge is 2.36. The van der Waals surface area contributed by atoms with Gasteiger partial charge in [0, 0.05) is 12.6 Å². The van der Waals surface area contributed by atoms with E-state index >= 15 is 0 Å². The first-order chi connectivity index (χ1) is 11.9. The number of nitrogens with zero attached hydrogens (tertiary/aromatic N) is 1. The van der Waals surface area contributed by atoms with Crippen molar-refractivity contribution in [2.45, 2.75) is 24.3 Å². The molecule has 0 aromatic heterocycles. The van der Waals surface area contributed by atoms with Crippen LogP contribution in [0.15, 0.2) is 41.3 Å². The van der Waals surface area contributed by atoms with Crippen molar-refractivity contribution in [3.05, 3.63) is 53.3 Å². The summed E-state index contributed by atoms with van der Waals surface area (Å²) in [6.07, 6.45) is 0.522. The van der Waals surface area contributed by atoms with E-state index in [-0.39, 0.29) is 11.4 Å². The molecule has 0 fully saturated rings. The van der Waals surface area contributed by atoms with Gasteiger partial charge in [-0.25, -0.2) is 12.8 Å². The number of hydrogen-bond donors (Lipinski definition) is 0. The summed E-state index contributed by atoms with van der Waals surface area (Å²) in [6, 6.07) is 8.67. The van der Waals surface area contributed by atoms with E-state index in [0.29, 0.717) is 17.9 Å². The zero-order chi connectivity index (χ0) is 18.2. The van der Waals surface area contributed by atoms with Crippen molar-refractivity contribution in [2.24, 2.45) is 0 Å². The molecule has 25 heavy (non-hydrogen) atoms. The Balaban J connectivity index is 2.04. The number of halogens is 1. The standard InChI is InChI=1S/C18H20FNO4S/c1-12-14-11-17(24-3)16(23-2)10-13(14)8-9-20(12)25(21,22)18-7-5-4-6-15(18)19/h4-7,10-12H,8-9H2,1-3H3/t12-/m0/s1. The third-order valence-electron chi connectivity index (χ3n) is 4.55. The van der Waals surface area contributed by atoms with Gasteiger partial charge in [0.15, 0.2) is 11.5 Å². The highest BCUT2D eigenvalue weighted by Crippen LogP contribution is 2.40. The molecule has 7 heteroatoms. The van der Waals surface area contributed by atoms with Crippen molar-refractivity contribution in [3.8, 4) is 11.5 Å². The fraction of sp³-hybridized carbons (Fsp3) is 0.333. The lowest BCUT2D eigenvalue weighted by Crippen LogP contribution is -2.39. The molecule has 0 amide bonds. The van der Waals surface area contributed by atoms with Gasteiger partial charge in [0.1, 0.15) is 10.7 Å². The molecule has 3 rings (SSSR count). The van der Waals surface area contributed by atoms with Crippen molar-refractivity contribution < 1.29 is 22.3 Å². The molecule has 0 saturated carbocycles. The molecule has 5 nitrogen and oxygen atoms in total. The molecule has 2 aromatic rings. The van der Waals surface area contributed by atoms with Crippen LogP contribution in [0.3, 0.4) is 0 Å². The normalized spacial score (nSPS) is 17.8. The summed E-state index contributed by atoms with van der Waals surface area (Å²) in [5, 5.41) is 0. The van der Waals surface area contributed by atoms with Gasteiger partial charge in [0.2, 0.25) is 10.0 Å². The van der Waals surface area contributed by atoms with Gasteiger partial charge >= 0.3 is 0 Å². The average Bonchev–Trinajstić information content (AvgIpc) is 2.61. The molecule has 1 heterocycles. The molecule has 0 N–H and O–H groups in total. The quantitative estimate of drug-likeness (QED) is 0.835. The summed E-state index contributed by atoms with van der Waals surface area (Å²) in [5.41, 5.74) is 1.84. The number of fused-ring (bicyclic) bond motifs is 1. The monoisotopic (exact) mass is 365 g/mol. The van der Waals surface area contributed by atoms with Crippen LogP contribution < -0.4 is 9.47 Å². The Morgan fingerprint density at radius 1 is 1.12 bits per heavy atom. The van der Waals surface area contributed by atoms with E-state index in [1.54, 1.807) is 20.1 Å². The number of methoxy groups -OCH3 is 2. The molecule has 0 bridgehead atoms. The number of ether oxygens (including phenoxy) is 2. The molecule has 1 aliphatic rings. The lowest BCUT2D eigenvalue weighted by molar-refractivity contribution is 0.317. The van der Waals surface area contributed by atoms with Crippen molar-refractivity contribution in [2.75, 3.05) is 20.8 Å². The minimum atomic E-state index is -3.93. The third kappa shape index (κ3) is 2.98. The first kappa shape index (κ1) is 17.7. The number of rotatable bonds is 4. The molecule has 1 atom stereocenters. The van der Waals surface area contributed by atoms with Crippen LogP contribution in [-0.2, 0) is 16.4 Å². The van der Waals surface area contributed by atoms with Crippen LogP contribution >= 0.6 is 0 Å². The summed E-state index contributed by atoms with van der Waals surface area (Å²) >= 11 is 0. The molecule has 0 radical (unpaired) electrons. The van der Waals surface area contributed by atoms with Gasteiger partial charge in [0.25, 0.3) is 0 Å². The maximum Gasteiger partial charge on any atom is 0.246 e. The van der Waals surface area contributed by atoms with Crippen LogP contribution in [0.25, 0.3) is 0 Å². The lowest BCUT2D eigenvalue weighted by Gasteiger charge is -2.34. The molecule has 0 spiro atoms. The van der Waals surface area contributed by atoms with Crippen molar-refractivity contribution in [3.63, 3.8) is 0 Å². The van der Waals surface area contributed by atoms with Crippen LogP contribution in [0, 0.1) is 5.82 Å². The third-order valence-corrected chi connectivity index (χ3v) is 6.56. The van der Waals surface area contributed by atoms with E-state index in [1.165, 1.54) is 29.6 Å². The molecule has 0 saturated heterocycles. The second-order valence-corrected chi connectivity index (χ2v) is 7.74. The molecule has 0 unspecified atom stereocenters. The summed E-state index contributed by atoms with van der Waals surface area (Å²) < 4.78 is 51.9. The van der Waals surface area contributed by atoms with Gasteiger partial charge in [-0.3, -0.25) is 0 Å². The Hall–Kier alpha value is -2.12. The van der Waals surface area contributed by atoms with Gasteiger partial charge < -0.3 is 9.47 Å². The zero-order valence-electron chi connectivity index (χ0n) is 14.3. The molecule has 0 aliphatic carbocycles. The summed E-state index contributed by atoms with van der Waals surface area (Å²) in [4.78, 5) is -0.300. The SMILES string of the molecule is COc1cc2c(cc1OC)[C@H](C)N(S(=O)(=O)c1ccccc1F)CC2. The van der Waals surface area contributed by atoms with Gasteiger partial charge in [-0.05, 0) is 48.7 Å². The van der Waals surface area contributed by atoms with Crippen LogP contribution in [0.4, 0.5) is 4.39 Å². The van der Waals surface area contributed by atoms with E-state index in [0.717, 1.165) is 17.2 Å². The van der Waals surface area contributed by atoms with Gasteiger partial charge in [-0.1, -0.05) is 12.1 Å². The molecular weight excluding hydrogens is 345 g/mol. The Morgan fingerprint density at radius 2 is 1.76 bits per heavy atom. The summed E-state index contributed by atoms with van der Waals surface area (Å²) in [5.74, 6) is 0.407. The average molecular weight is 365 g/mol. The fourth-order valence-corrected chi connectivity index (χ4v) is 4.91. The summed E-state index contributed by atoms with van der Waals surface area (Å²) in [6.45, 7) is 2.07. The number of hydrogen-bond acceptors (Lipinski definition) is 4. The van der Waals surface area contributed by atoms with Crippen LogP contribution in [0.5, 0.6) is 11.5 Å². The van der Waals surface area contributed by atoms with E-state index in [4.69, 9.17) is 9.47 Å². The van der Waals surface area contributed by atoms with Gasteiger partial charge in [-0.15, -0.1) is 0 Å². The maximum absolute atomic E-state index is 14.0.